The quantitative estimate of drug-likeness (QED) is 0.414. The molecule has 0 saturated heterocycles. The number of aliphatic hydroxyl groups excluding tert-OH is 1. The lowest BCUT2D eigenvalue weighted by Gasteiger charge is -2.00. The van der Waals surface area contributed by atoms with Crippen molar-refractivity contribution in [2.75, 3.05) is 13.2 Å². The standard InChI is InChI=1S/C4H10ClNO/c1-4(5)6-2-3-7/h4,6-7H,2-3H2,1H3. The molecule has 0 rings (SSSR count). The maximum Gasteiger partial charge on any atom is 0.0797 e. The van der Waals surface area contributed by atoms with Crippen molar-refractivity contribution in [3.63, 3.8) is 0 Å². The average molecular weight is 124 g/mol. The molecule has 1 atom stereocenters. The summed E-state index contributed by atoms with van der Waals surface area (Å²) in [5.41, 5.74) is -0.0350. The van der Waals surface area contributed by atoms with Gasteiger partial charge in [-0.1, -0.05) is 0 Å². The van der Waals surface area contributed by atoms with E-state index in [2.05, 4.69) is 5.32 Å². The fourth-order valence-corrected chi connectivity index (χ4v) is 0.373. The van der Waals surface area contributed by atoms with Crippen LogP contribution in [0.4, 0.5) is 0 Å². The van der Waals surface area contributed by atoms with Crippen molar-refractivity contribution >= 4 is 11.6 Å². The molecule has 0 amide bonds. The largest absolute Gasteiger partial charge is 0.395 e. The van der Waals surface area contributed by atoms with Crippen molar-refractivity contribution in [2.24, 2.45) is 0 Å². The maximum absolute atomic E-state index is 8.19. The molecule has 44 valence electrons. The van der Waals surface area contributed by atoms with Gasteiger partial charge in [-0.2, -0.15) is 0 Å². The molecular formula is C4H10ClNO. The molecule has 0 spiro atoms. The number of aliphatic hydroxyl groups is 1. The van der Waals surface area contributed by atoms with E-state index in [0.717, 1.165) is 0 Å². The Morgan fingerprint density at radius 2 is 2.43 bits per heavy atom. The Labute approximate surface area is 48.5 Å². The highest BCUT2D eigenvalue weighted by molar-refractivity contribution is 6.20. The van der Waals surface area contributed by atoms with Gasteiger partial charge in [0.15, 0.2) is 0 Å². The molecule has 7 heavy (non-hydrogen) atoms. The Morgan fingerprint density at radius 3 is 2.57 bits per heavy atom. The molecule has 0 aromatic carbocycles. The number of hydrogen-bond acceptors (Lipinski definition) is 2. The van der Waals surface area contributed by atoms with Gasteiger partial charge in [-0.15, -0.1) is 11.6 Å². The van der Waals surface area contributed by atoms with Crippen molar-refractivity contribution < 1.29 is 5.11 Å². The lowest BCUT2D eigenvalue weighted by atomic mass is 10.6. The van der Waals surface area contributed by atoms with Gasteiger partial charge in [0, 0.05) is 6.54 Å². The minimum absolute atomic E-state index is 0.0350. The van der Waals surface area contributed by atoms with E-state index in [1.165, 1.54) is 0 Å². The zero-order chi connectivity index (χ0) is 5.70. The topological polar surface area (TPSA) is 32.3 Å². The monoisotopic (exact) mass is 123 g/mol. The van der Waals surface area contributed by atoms with E-state index < -0.39 is 0 Å². The van der Waals surface area contributed by atoms with E-state index >= 15 is 0 Å². The Hall–Kier alpha value is 0.210. The first-order valence-electron chi connectivity index (χ1n) is 2.25. The molecule has 0 saturated carbocycles. The van der Waals surface area contributed by atoms with Crippen molar-refractivity contribution in [3.05, 3.63) is 0 Å². The molecule has 0 aromatic rings. The molecule has 0 aliphatic rings. The van der Waals surface area contributed by atoms with Gasteiger partial charge in [0.05, 0.1) is 12.1 Å². The van der Waals surface area contributed by atoms with E-state index in [1.807, 2.05) is 6.92 Å². The molecule has 3 heteroatoms. The molecule has 2 nitrogen and oxygen atoms in total. The molecular weight excluding hydrogens is 114 g/mol. The van der Waals surface area contributed by atoms with Crippen LogP contribution in [0, 0.1) is 0 Å². The second-order valence-electron chi connectivity index (χ2n) is 1.29. The summed E-state index contributed by atoms with van der Waals surface area (Å²) in [6, 6.07) is 0. The van der Waals surface area contributed by atoms with Gasteiger partial charge in [0.2, 0.25) is 0 Å². The van der Waals surface area contributed by atoms with Crippen LogP contribution < -0.4 is 5.32 Å². The molecule has 0 fully saturated rings. The summed E-state index contributed by atoms with van der Waals surface area (Å²) >= 11 is 5.43. The van der Waals surface area contributed by atoms with Gasteiger partial charge in [-0.3, -0.25) is 5.32 Å². The summed E-state index contributed by atoms with van der Waals surface area (Å²) < 4.78 is 0. The van der Waals surface area contributed by atoms with Crippen molar-refractivity contribution in [2.45, 2.75) is 12.4 Å². The lowest BCUT2D eigenvalue weighted by molar-refractivity contribution is 0.291. The Balaban J connectivity index is 2.68. The van der Waals surface area contributed by atoms with Gasteiger partial charge in [0.25, 0.3) is 0 Å². The first-order chi connectivity index (χ1) is 3.27. The predicted octanol–water partition coefficient (Wildman–Crippen LogP) is 0.153. The van der Waals surface area contributed by atoms with Crippen LogP contribution in [-0.4, -0.2) is 23.8 Å². The zero-order valence-electron chi connectivity index (χ0n) is 4.32. The van der Waals surface area contributed by atoms with Gasteiger partial charge in [0.1, 0.15) is 0 Å². The molecule has 0 radical (unpaired) electrons. The Kier molecular flexibility index (Phi) is 4.50. The van der Waals surface area contributed by atoms with Crippen LogP contribution in [0.15, 0.2) is 0 Å². The third-order valence-electron chi connectivity index (χ3n) is 0.537. The van der Waals surface area contributed by atoms with E-state index in [1.54, 1.807) is 0 Å². The SMILES string of the molecule is CC(Cl)NCCO. The van der Waals surface area contributed by atoms with Gasteiger partial charge >= 0.3 is 0 Å². The van der Waals surface area contributed by atoms with Crippen LogP contribution >= 0.6 is 11.6 Å². The predicted molar refractivity (Wildman–Crippen MR) is 30.4 cm³/mol. The van der Waals surface area contributed by atoms with Crippen LogP contribution in [0.5, 0.6) is 0 Å². The van der Waals surface area contributed by atoms with E-state index in [0.29, 0.717) is 6.54 Å². The highest BCUT2D eigenvalue weighted by Gasteiger charge is 1.88. The van der Waals surface area contributed by atoms with Crippen LogP contribution in [0.25, 0.3) is 0 Å². The van der Waals surface area contributed by atoms with Crippen molar-refractivity contribution in [1.82, 2.24) is 5.32 Å². The second-order valence-corrected chi connectivity index (χ2v) is 1.95. The van der Waals surface area contributed by atoms with Crippen LogP contribution in [0.3, 0.4) is 0 Å². The minimum Gasteiger partial charge on any atom is -0.395 e. The fourth-order valence-electron chi connectivity index (χ4n) is 0.263. The summed E-state index contributed by atoms with van der Waals surface area (Å²) in [6.07, 6.45) is 0. The molecule has 0 bridgehead atoms. The summed E-state index contributed by atoms with van der Waals surface area (Å²) in [7, 11) is 0. The first kappa shape index (κ1) is 7.21. The summed E-state index contributed by atoms with van der Waals surface area (Å²) in [5, 5.41) is 11.0. The number of halogens is 1. The average Bonchev–Trinajstić information content (AvgIpc) is 1.61. The van der Waals surface area contributed by atoms with E-state index in [9.17, 15) is 0 Å². The van der Waals surface area contributed by atoms with Crippen molar-refractivity contribution in [1.29, 1.82) is 0 Å². The second kappa shape index (κ2) is 4.37. The highest BCUT2D eigenvalue weighted by Crippen LogP contribution is 1.83. The Morgan fingerprint density at radius 1 is 1.86 bits per heavy atom. The fraction of sp³-hybridized carbons (Fsp3) is 1.00. The van der Waals surface area contributed by atoms with Gasteiger partial charge in [-0.25, -0.2) is 0 Å². The highest BCUT2D eigenvalue weighted by atomic mass is 35.5. The maximum atomic E-state index is 8.19. The summed E-state index contributed by atoms with van der Waals surface area (Å²) in [6.45, 7) is 2.54. The first-order valence-corrected chi connectivity index (χ1v) is 2.69. The molecule has 0 aliphatic carbocycles. The van der Waals surface area contributed by atoms with E-state index in [4.69, 9.17) is 16.7 Å². The third-order valence-corrected chi connectivity index (χ3v) is 0.692. The third kappa shape index (κ3) is 6.21. The molecule has 0 aliphatic heterocycles. The Bertz CT molecular complexity index is 40.7. The summed E-state index contributed by atoms with van der Waals surface area (Å²) in [4.78, 5) is 0. The van der Waals surface area contributed by atoms with Gasteiger partial charge < -0.3 is 5.11 Å². The van der Waals surface area contributed by atoms with E-state index in [-0.39, 0.29) is 12.1 Å². The van der Waals surface area contributed by atoms with Crippen LogP contribution in [0.1, 0.15) is 6.92 Å². The number of rotatable bonds is 3. The lowest BCUT2D eigenvalue weighted by Crippen LogP contribution is -2.23. The van der Waals surface area contributed by atoms with Crippen LogP contribution in [0.2, 0.25) is 0 Å². The van der Waals surface area contributed by atoms with Crippen molar-refractivity contribution in [3.8, 4) is 0 Å². The number of nitrogens with one attached hydrogen (secondary N) is 1. The zero-order valence-corrected chi connectivity index (χ0v) is 5.07. The van der Waals surface area contributed by atoms with Crippen LogP contribution in [-0.2, 0) is 0 Å². The number of alkyl halides is 1. The minimum atomic E-state index is -0.0350. The normalized spacial score (nSPS) is 14.1. The smallest absolute Gasteiger partial charge is 0.0797 e. The summed E-state index contributed by atoms with van der Waals surface area (Å²) in [5.74, 6) is 0. The molecule has 0 heterocycles. The molecule has 2 N–H and O–H groups in total. The molecule has 1 unspecified atom stereocenters. The van der Waals surface area contributed by atoms with Gasteiger partial charge in [-0.05, 0) is 6.92 Å². The number of hydrogen-bond donors (Lipinski definition) is 2. The molecule has 0 aromatic heterocycles.